The van der Waals surface area contributed by atoms with Gasteiger partial charge in [-0.2, -0.15) is 0 Å². The molecule has 0 radical (unpaired) electrons. The second kappa shape index (κ2) is 6.55. The predicted molar refractivity (Wildman–Crippen MR) is 80.1 cm³/mol. The molecular weight excluding hydrogens is 274 g/mol. The molecule has 2 aromatic carbocycles. The lowest BCUT2D eigenvalue weighted by Gasteiger charge is -2.15. The number of carbonyl (C=O) groups is 1. The Morgan fingerprint density at radius 3 is 2.70 bits per heavy atom. The molecule has 20 heavy (non-hydrogen) atoms. The molecule has 0 amide bonds. The molecule has 0 saturated carbocycles. The summed E-state index contributed by atoms with van der Waals surface area (Å²) in [4.78, 5) is 11.1. The van der Waals surface area contributed by atoms with Crippen molar-refractivity contribution < 1.29 is 9.90 Å². The van der Waals surface area contributed by atoms with Crippen LogP contribution in [0.2, 0.25) is 5.02 Å². The minimum absolute atomic E-state index is 0.0931. The highest BCUT2D eigenvalue weighted by molar-refractivity contribution is 6.30. The lowest BCUT2D eigenvalue weighted by atomic mass is 10.1. The van der Waals surface area contributed by atoms with Gasteiger partial charge in [0.05, 0.1) is 5.56 Å². The number of hydrogen-bond donors (Lipinski definition) is 2. The molecule has 2 N–H and O–H groups in total. The molecule has 4 heteroatoms. The van der Waals surface area contributed by atoms with E-state index in [0.29, 0.717) is 17.1 Å². The van der Waals surface area contributed by atoms with Gasteiger partial charge in [-0.25, -0.2) is 4.79 Å². The lowest BCUT2D eigenvalue weighted by Crippen LogP contribution is -2.19. The van der Waals surface area contributed by atoms with Crippen LogP contribution in [0.15, 0.2) is 48.5 Å². The fourth-order valence-corrected chi connectivity index (χ4v) is 2.24. The molecule has 0 bridgehead atoms. The number of aromatic carboxylic acids is 1. The van der Waals surface area contributed by atoms with E-state index >= 15 is 0 Å². The Bertz CT molecular complexity index is 613. The van der Waals surface area contributed by atoms with Crippen LogP contribution >= 0.6 is 11.6 Å². The Hall–Kier alpha value is -1.84. The van der Waals surface area contributed by atoms with Crippen molar-refractivity contribution in [2.45, 2.75) is 19.5 Å². The Morgan fingerprint density at radius 1 is 1.25 bits per heavy atom. The van der Waals surface area contributed by atoms with Crippen molar-refractivity contribution in [2.75, 3.05) is 0 Å². The van der Waals surface area contributed by atoms with Gasteiger partial charge in [0.25, 0.3) is 0 Å². The molecule has 1 atom stereocenters. The van der Waals surface area contributed by atoms with Crippen molar-refractivity contribution in [2.24, 2.45) is 0 Å². The molecular formula is C16H16ClNO2. The largest absolute Gasteiger partial charge is 0.478 e. The highest BCUT2D eigenvalue weighted by Gasteiger charge is 2.10. The van der Waals surface area contributed by atoms with Crippen LogP contribution in [0.4, 0.5) is 0 Å². The molecule has 3 nitrogen and oxygen atoms in total. The summed E-state index contributed by atoms with van der Waals surface area (Å²) in [7, 11) is 0. The number of benzene rings is 2. The van der Waals surface area contributed by atoms with Crippen molar-refractivity contribution in [3.63, 3.8) is 0 Å². The summed E-state index contributed by atoms with van der Waals surface area (Å²) >= 11 is 5.97. The first-order valence-corrected chi connectivity index (χ1v) is 6.76. The maximum atomic E-state index is 11.1. The van der Waals surface area contributed by atoms with E-state index in [0.717, 1.165) is 11.1 Å². The third-order valence-electron chi connectivity index (χ3n) is 3.20. The average Bonchev–Trinajstić information content (AvgIpc) is 2.45. The lowest BCUT2D eigenvalue weighted by molar-refractivity contribution is 0.0695. The van der Waals surface area contributed by atoms with Gasteiger partial charge in [0.2, 0.25) is 0 Å². The smallest absolute Gasteiger partial charge is 0.336 e. The van der Waals surface area contributed by atoms with Gasteiger partial charge < -0.3 is 10.4 Å². The zero-order valence-corrected chi connectivity index (χ0v) is 11.9. The summed E-state index contributed by atoms with van der Waals surface area (Å²) in [5, 5.41) is 13.2. The van der Waals surface area contributed by atoms with E-state index in [4.69, 9.17) is 16.7 Å². The van der Waals surface area contributed by atoms with Crippen LogP contribution in [0.25, 0.3) is 0 Å². The number of rotatable bonds is 5. The topological polar surface area (TPSA) is 49.3 Å². The first kappa shape index (κ1) is 14.6. The molecule has 0 aromatic heterocycles. The van der Waals surface area contributed by atoms with Gasteiger partial charge in [0.1, 0.15) is 0 Å². The monoisotopic (exact) mass is 289 g/mol. The van der Waals surface area contributed by atoms with Crippen molar-refractivity contribution in [3.05, 3.63) is 70.2 Å². The predicted octanol–water partition coefficient (Wildman–Crippen LogP) is 3.89. The molecule has 0 aliphatic rings. The highest BCUT2D eigenvalue weighted by atomic mass is 35.5. The van der Waals surface area contributed by atoms with Gasteiger partial charge in [-0.1, -0.05) is 41.9 Å². The fourth-order valence-electron chi connectivity index (χ4n) is 2.04. The van der Waals surface area contributed by atoms with E-state index < -0.39 is 5.97 Å². The van der Waals surface area contributed by atoms with E-state index in [-0.39, 0.29) is 6.04 Å². The standard InChI is InChI=1S/C16H16ClNO2/c1-11(12-6-4-7-14(17)9-12)18-10-13-5-2-3-8-15(13)16(19)20/h2-9,11,18H,10H2,1H3,(H,19,20)/t11-/m1/s1. The Labute approximate surface area is 123 Å². The number of hydrogen-bond acceptors (Lipinski definition) is 2. The second-order valence-electron chi connectivity index (χ2n) is 4.62. The van der Waals surface area contributed by atoms with Gasteiger partial charge in [0.15, 0.2) is 0 Å². The molecule has 0 aliphatic heterocycles. The number of halogens is 1. The molecule has 0 aliphatic carbocycles. The number of carboxylic acids is 1. The minimum Gasteiger partial charge on any atom is -0.478 e. The Balaban J connectivity index is 2.07. The average molecular weight is 290 g/mol. The molecule has 2 aromatic rings. The summed E-state index contributed by atoms with van der Waals surface area (Å²) in [5.41, 5.74) is 2.18. The fraction of sp³-hybridized carbons (Fsp3) is 0.188. The maximum Gasteiger partial charge on any atom is 0.336 e. The van der Waals surface area contributed by atoms with Crippen molar-refractivity contribution >= 4 is 17.6 Å². The van der Waals surface area contributed by atoms with Crippen molar-refractivity contribution in [1.82, 2.24) is 5.32 Å². The molecule has 0 unspecified atom stereocenters. The van der Waals surface area contributed by atoms with E-state index in [1.54, 1.807) is 12.1 Å². The highest BCUT2D eigenvalue weighted by Crippen LogP contribution is 2.18. The number of nitrogens with one attached hydrogen (secondary N) is 1. The Kier molecular flexibility index (Phi) is 4.77. The summed E-state index contributed by atoms with van der Waals surface area (Å²) in [6.45, 7) is 2.52. The molecule has 104 valence electrons. The first-order chi connectivity index (χ1) is 9.58. The summed E-state index contributed by atoms with van der Waals surface area (Å²) in [5.74, 6) is -0.905. The van der Waals surface area contributed by atoms with Crippen LogP contribution in [0.1, 0.15) is 34.5 Å². The van der Waals surface area contributed by atoms with Crippen LogP contribution in [0.5, 0.6) is 0 Å². The minimum atomic E-state index is -0.905. The SMILES string of the molecule is C[C@@H](NCc1ccccc1C(=O)O)c1cccc(Cl)c1. The third kappa shape index (κ3) is 3.59. The molecule has 0 heterocycles. The molecule has 0 fully saturated rings. The normalized spacial score (nSPS) is 12.1. The maximum absolute atomic E-state index is 11.1. The van der Waals surface area contributed by atoms with Gasteiger partial charge in [-0.05, 0) is 36.2 Å². The van der Waals surface area contributed by atoms with E-state index in [1.165, 1.54) is 0 Å². The summed E-state index contributed by atoms with van der Waals surface area (Å²) < 4.78 is 0. The van der Waals surface area contributed by atoms with Crippen molar-refractivity contribution in [3.8, 4) is 0 Å². The van der Waals surface area contributed by atoms with Crippen LogP contribution in [0.3, 0.4) is 0 Å². The summed E-state index contributed by atoms with van der Waals surface area (Å²) in [6.07, 6.45) is 0. The molecule has 0 saturated heterocycles. The zero-order valence-electron chi connectivity index (χ0n) is 11.1. The number of carboxylic acid groups (broad SMARTS) is 1. The van der Waals surface area contributed by atoms with Crippen molar-refractivity contribution in [1.29, 1.82) is 0 Å². The van der Waals surface area contributed by atoms with Crippen LogP contribution in [-0.4, -0.2) is 11.1 Å². The van der Waals surface area contributed by atoms with Gasteiger partial charge in [-0.15, -0.1) is 0 Å². The van der Waals surface area contributed by atoms with Crippen LogP contribution < -0.4 is 5.32 Å². The van der Waals surface area contributed by atoms with Crippen LogP contribution in [0, 0.1) is 0 Å². The van der Waals surface area contributed by atoms with Gasteiger partial charge in [-0.3, -0.25) is 0 Å². The van der Waals surface area contributed by atoms with E-state index in [9.17, 15) is 4.79 Å². The van der Waals surface area contributed by atoms with Gasteiger partial charge in [0, 0.05) is 17.6 Å². The van der Waals surface area contributed by atoms with E-state index in [1.807, 2.05) is 43.3 Å². The molecule has 0 spiro atoms. The van der Waals surface area contributed by atoms with Gasteiger partial charge >= 0.3 is 5.97 Å². The van der Waals surface area contributed by atoms with E-state index in [2.05, 4.69) is 5.32 Å². The second-order valence-corrected chi connectivity index (χ2v) is 5.06. The molecule has 2 rings (SSSR count). The third-order valence-corrected chi connectivity index (χ3v) is 3.43. The van der Waals surface area contributed by atoms with Crippen LogP contribution in [-0.2, 0) is 6.54 Å². The zero-order chi connectivity index (χ0) is 14.5. The quantitative estimate of drug-likeness (QED) is 0.878. The Morgan fingerprint density at radius 2 is 2.00 bits per heavy atom. The summed E-state index contributed by atoms with van der Waals surface area (Å²) in [6, 6.07) is 14.7. The first-order valence-electron chi connectivity index (χ1n) is 6.38.